The smallest absolute Gasteiger partial charge is 0.433 e. The summed E-state index contributed by atoms with van der Waals surface area (Å²) in [6.07, 6.45) is -2.75. The second-order valence-corrected chi connectivity index (χ2v) is 5.09. The van der Waals surface area contributed by atoms with Crippen molar-refractivity contribution in [2.75, 3.05) is 18.0 Å². The highest BCUT2D eigenvalue weighted by molar-refractivity contribution is 5.74. The molecule has 0 unspecified atom stereocenters. The summed E-state index contributed by atoms with van der Waals surface area (Å²) in [5, 5.41) is 9.11. The van der Waals surface area contributed by atoms with Crippen molar-refractivity contribution in [2.24, 2.45) is 5.41 Å². The van der Waals surface area contributed by atoms with Crippen LogP contribution in [-0.4, -0.2) is 34.1 Å². The predicted octanol–water partition coefficient (Wildman–Crippen LogP) is 2.19. The molecular formula is C12H14F3N3O2. The number of carboxylic acid groups (broad SMARTS) is 1. The van der Waals surface area contributed by atoms with Gasteiger partial charge in [0.1, 0.15) is 5.69 Å². The van der Waals surface area contributed by atoms with Crippen LogP contribution in [0.4, 0.5) is 19.1 Å². The van der Waals surface area contributed by atoms with Gasteiger partial charge in [-0.15, -0.1) is 0 Å². The van der Waals surface area contributed by atoms with Gasteiger partial charge in [-0.1, -0.05) is 0 Å². The number of anilines is 1. The average molecular weight is 289 g/mol. The van der Waals surface area contributed by atoms with Gasteiger partial charge >= 0.3 is 12.1 Å². The highest BCUT2D eigenvalue weighted by atomic mass is 19.4. The maximum atomic E-state index is 12.6. The highest BCUT2D eigenvalue weighted by Gasteiger charge is 2.38. The molecule has 1 saturated heterocycles. The fourth-order valence-corrected chi connectivity index (χ4v) is 2.07. The van der Waals surface area contributed by atoms with Gasteiger partial charge in [-0.05, 0) is 25.8 Å². The van der Waals surface area contributed by atoms with E-state index in [2.05, 4.69) is 9.97 Å². The molecule has 2 heterocycles. The molecule has 1 fully saturated rings. The van der Waals surface area contributed by atoms with E-state index in [4.69, 9.17) is 5.11 Å². The van der Waals surface area contributed by atoms with Gasteiger partial charge in [0.15, 0.2) is 0 Å². The van der Waals surface area contributed by atoms with Gasteiger partial charge in [0.2, 0.25) is 5.95 Å². The topological polar surface area (TPSA) is 66.3 Å². The molecule has 0 amide bonds. The molecule has 0 aliphatic carbocycles. The first-order valence-electron chi connectivity index (χ1n) is 6.11. The minimum absolute atomic E-state index is 0.00716. The number of aromatic nitrogens is 2. The summed E-state index contributed by atoms with van der Waals surface area (Å²) in [7, 11) is 0. The molecular weight excluding hydrogens is 275 g/mol. The van der Waals surface area contributed by atoms with Crippen molar-refractivity contribution >= 4 is 11.9 Å². The zero-order valence-corrected chi connectivity index (χ0v) is 10.8. The average Bonchev–Trinajstić information content (AvgIpc) is 2.38. The molecule has 1 aliphatic heterocycles. The first kappa shape index (κ1) is 14.5. The molecule has 0 bridgehead atoms. The Morgan fingerprint density at radius 3 is 2.50 bits per heavy atom. The van der Waals surface area contributed by atoms with Crippen LogP contribution in [0.3, 0.4) is 0 Å². The number of carboxylic acids is 1. The third kappa shape index (κ3) is 2.83. The van der Waals surface area contributed by atoms with Crippen LogP contribution >= 0.6 is 0 Å². The van der Waals surface area contributed by atoms with Crippen molar-refractivity contribution in [3.05, 3.63) is 18.0 Å². The van der Waals surface area contributed by atoms with Gasteiger partial charge in [-0.3, -0.25) is 4.79 Å². The Hall–Kier alpha value is -1.86. The quantitative estimate of drug-likeness (QED) is 0.904. The summed E-state index contributed by atoms with van der Waals surface area (Å²) < 4.78 is 37.7. The van der Waals surface area contributed by atoms with Crippen LogP contribution in [0.2, 0.25) is 0 Å². The molecule has 1 aliphatic rings. The Morgan fingerprint density at radius 2 is 2.00 bits per heavy atom. The Bertz CT molecular complexity index is 511. The predicted molar refractivity (Wildman–Crippen MR) is 64.2 cm³/mol. The van der Waals surface area contributed by atoms with E-state index in [1.54, 1.807) is 11.8 Å². The van der Waals surface area contributed by atoms with Gasteiger partial charge in [-0.25, -0.2) is 9.97 Å². The molecule has 110 valence electrons. The Kier molecular flexibility index (Phi) is 3.58. The van der Waals surface area contributed by atoms with E-state index in [1.165, 1.54) is 0 Å². The van der Waals surface area contributed by atoms with Gasteiger partial charge in [0.25, 0.3) is 0 Å². The largest absolute Gasteiger partial charge is 0.481 e. The fraction of sp³-hybridized carbons (Fsp3) is 0.583. The Balaban J connectivity index is 2.13. The van der Waals surface area contributed by atoms with Gasteiger partial charge in [-0.2, -0.15) is 13.2 Å². The number of alkyl halides is 3. The lowest BCUT2D eigenvalue weighted by Crippen LogP contribution is -2.43. The monoisotopic (exact) mass is 289 g/mol. The van der Waals surface area contributed by atoms with Gasteiger partial charge < -0.3 is 10.0 Å². The zero-order chi connectivity index (χ0) is 15.0. The molecule has 0 spiro atoms. The lowest BCUT2D eigenvalue weighted by molar-refractivity contribution is -0.149. The second-order valence-electron chi connectivity index (χ2n) is 5.09. The van der Waals surface area contributed by atoms with E-state index in [-0.39, 0.29) is 5.95 Å². The number of piperidine rings is 1. The molecule has 8 heteroatoms. The third-order valence-corrected chi connectivity index (χ3v) is 3.60. The molecule has 2 rings (SSSR count). The van der Waals surface area contributed by atoms with E-state index >= 15 is 0 Å². The summed E-state index contributed by atoms with van der Waals surface area (Å²) in [6.45, 7) is 2.29. The number of aliphatic carboxylic acids is 1. The van der Waals surface area contributed by atoms with Crippen LogP contribution in [-0.2, 0) is 11.0 Å². The maximum Gasteiger partial charge on any atom is 0.433 e. The van der Waals surface area contributed by atoms with Crippen LogP contribution in [0.25, 0.3) is 0 Å². The van der Waals surface area contributed by atoms with Crippen molar-refractivity contribution in [3.63, 3.8) is 0 Å². The summed E-state index contributed by atoms with van der Waals surface area (Å²) >= 11 is 0. The first-order valence-corrected chi connectivity index (χ1v) is 6.11. The minimum atomic E-state index is -4.51. The lowest BCUT2D eigenvalue weighted by Gasteiger charge is -2.36. The molecule has 1 aromatic heterocycles. The Morgan fingerprint density at radius 1 is 1.40 bits per heavy atom. The molecule has 0 saturated carbocycles. The summed E-state index contributed by atoms with van der Waals surface area (Å²) in [6, 6.07) is 0.814. The number of rotatable bonds is 2. The zero-order valence-electron chi connectivity index (χ0n) is 10.8. The van der Waals surface area contributed by atoms with E-state index < -0.39 is 23.3 Å². The van der Waals surface area contributed by atoms with E-state index in [9.17, 15) is 18.0 Å². The van der Waals surface area contributed by atoms with Crippen molar-refractivity contribution in [1.82, 2.24) is 9.97 Å². The maximum absolute atomic E-state index is 12.6. The van der Waals surface area contributed by atoms with Crippen LogP contribution in [0.1, 0.15) is 25.5 Å². The second kappa shape index (κ2) is 4.92. The molecule has 5 nitrogen and oxygen atoms in total. The van der Waals surface area contributed by atoms with Crippen molar-refractivity contribution in [3.8, 4) is 0 Å². The van der Waals surface area contributed by atoms with Crippen molar-refractivity contribution in [2.45, 2.75) is 25.9 Å². The van der Waals surface area contributed by atoms with Gasteiger partial charge in [0, 0.05) is 19.3 Å². The molecule has 1 N–H and O–H groups in total. The molecule has 0 atom stereocenters. The molecule has 0 aromatic carbocycles. The van der Waals surface area contributed by atoms with Crippen molar-refractivity contribution < 1.29 is 23.1 Å². The Labute approximate surface area is 113 Å². The van der Waals surface area contributed by atoms with Crippen molar-refractivity contribution in [1.29, 1.82) is 0 Å². The molecule has 0 radical (unpaired) electrons. The molecule has 1 aromatic rings. The summed E-state index contributed by atoms with van der Waals surface area (Å²) in [5.41, 5.74) is -1.83. The van der Waals surface area contributed by atoms with Crippen LogP contribution < -0.4 is 4.90 Å². The van der Waals surface area contributed by atoms with Crippen LogP contribution in [0, 0.1) is 5.41 Å². The minimum Gasteiger partial charge on any atom is -0.481 e. The number of nitrogens with zero attached hydrogens (tertiary/aromatic N) is 3. The SMILES string of the molecule is CC1(C(=O)O)CCN(c2nccc(C(F)(F)F)n2)CC1. The number of carbonyl (C=O) groups is 1. The van der Waals surface area contributed by atoms with E-state index in [0.717, 1.165) is 12.3 Å². The van der Waals surface area contributed by atoms with Crippen LogP contribution in [0.5, 0.6) is 0 Å². The normalized spacial score (nSPS) is 18.9. The number of hydrogen-bond acceptors (Lipinski definition) is 4. The number of hydrogen-bond donors (Lipinski definition) is 1. The van der Waals surface area contributed by atoms with Crippen LogP contribution in [0.15, 0.2) is 12.3 Å². The van der Waals surface area contributed by atoms with E-state index in [1.807, 2.05) is 0 Å². The number of halogens is 3. The van der Waals surface area contributed by atoms with Gasteiger partial charge in [0.05, 0.1) is 5.41 Å². The summed E-state index contributed by atoms with van der Waals surface area (Å²) in [4.78, 5) is 20.0. The molecule has 20 heavy (non-hydrogen) atoms. The highest BCUT2D eigenvalue weighted by Crippen LogP contribution is 2.33. The fourth-order valence-electron chi connectivity index (χ4n) is 2.07. The third-order valence-electron chi connectivity index (χ3n) is 3.60. The standard InChI is InChI=1S/C12H14F3N3O2/c1-11(9(19)20)3-6-18(7-4-11)10-16-5-2-8(17-10)12(13,14)15/h2,5H,3-4,6-7H2,1H3,(H,19,20). The summed E-state index contributed by atoms with van der Waals surface area (Å²) in [5.74, 6) is -0.894. The van der Waals surface area contributed by atoms with E-state index in [0.29, 0.717) is 25.9 Å². The lowest BCUT2D eigenvalue weighted by atomic mass is 9.80. The first-order chi connectivity index (χ1) is 9.22.